The molecule has 0 radical (unpaired) electrons. The lowest BCUT2D eigenvalue weighted by molar-refractivity contribution is 0.487. The van der Waals surface area contributed by atoms with Gasteiger partial charge in [-0.15, -0.1) is 0 Å². The number of nitrogens with zero attached hydrogens (tertiary/aromatic N) is 2. The van der Waals surface area contributed by atoms with Crippen molar-refractivity contribution in [2.45, 2.75) is 39.5 Å². The first-order chi connectivity index (χ1) is 10.7. The molecule has 0 saturated carbocycles. The van der Waals surface area contributed by atoms with Crippen LogP contribution >= 0.6 is 12.2 Å². The quantitative estimate of drug-likeness (QED) is 0.333. The summed E-state index contributed by atoms with van der Waals surface area (Å²) in [6.07, 6.45) is 6.72. The number of unbranched alkanes of at least 4 members (excludes halogenated alkanes) is 2. The average molecular weight is 316 g/mol. The molecular formula is C17H24N4S. The number of benzene rings is 1. The SMILES string of the molecule is CCCCC[C@@H](C)CNC(=S)N/N=C\c1ccc(C#N)cc1. The van der Waals surface area contributed by atoms with Crippen molar-refractivity contribution in [3.05, 3.63) is 35.4 Å². The van der Waals surface area contributed by atoms with Crippen LogP contribution in [0.25, 0.3) is 0 Å². The fraction of sp³-hybridized carbons (Fsp3) is 0.471. The van der Waals surface area contributed by atoms with E-state index in [-0.39, 0.29) is 0 Å². The molecule has 1 aromatic carbocycles. The molecular weight excluding hydrogens is 292 g/mol. The van der Waals surface area contributed by atoms with Gasteiger partial charge in [0.15, 0.2) is 5.11 Å². The molecule has 1 aromatic rings. The largest absolute Gasteiger partial charge is 0.361 e. The minimum Gasteiger partial charge on any atom is -0.361 e. The lowest BCUT2D eigenvalue weighted by Gasteiger charge is -2.13. The lowest BCUT2D eigenvalue weighted by Crippen LogP contribution is -2.35. The summed E-state index contributed by atoms with van der Waals surface area (Å²) in [5, 5.41) is 16.5. The molecule has 0 aliphatic heterocycles. The number of nitrogens with one attached hydrogen (secondary N) is 2. The number of hydrazone groups is 1. The molecule has 0 saturated heterocycles. The summed E-state index contributed by atoms with van der Waals surface area (Å²) in [6, 6.07) is 9.29. The molecule has 0 aliphatic rings. The molecule has 0 fully saturated rings. The summed E-state index contributed by atoms with van der Waals surface area (Å²) in [4.78, 5) is 0. The number of thiocarbonyl (C=S) groups is 1. The fourth-order valence-electron chi connectivity index (χ4n) is 1.96. The van der Waals surface area contributed by atoms with Gasteiger partial charge < -0.3 is 5.32 Å². The Kier molecular flexibility index (Phi) is 8.85. The zero-order valence-electron chi connectivity index (χ0n) is 13.3. The molecule has 4 nitrogen and oxygen atoms in total. The van der Waals surface area contributed by atoms with Crippen LogP contribution < -0.4 is 10.7 Å². The third-order valence-corrected chi connectivity index (χ3v) is 3.57. The van der Waals surface area contributed by atoms with Crippen LogP contribution in [0.4, 0.5) is 0 Å². The van der Waals surface area contributed by atoms with Crippen molar-refractivity contribution < 1.29 is 0 Å². The summed E-state index contributed by atoms with van der Waals surface area (Å²) >= 11 is 5.18. The van der Waals surface area contributed by atoms with E-state index < -0.39 is 0 Å². The van der Waals surface area contributed by atoms with Crippen LogP contribution in [0.5, 0.6) is 0 Å². The van der Waals surface area contributed by atoms with Gasteiger partial charge in [0.05, 0.1) is 17.8 Å². The van der Waals surface area contributed by atoms with Crippen molar-refractivity contribution in [1.82, 2.24) is 10.7 Å². The Hall–Kier alpha value is -1.93. The minimum absolute atomic E-state index is 0.534. The molecule has 2 N–H and O–H groups in total. The highest BCUT2D eigenvalue weighted by molar-refractivity contribution is 7.80. The second-order valence-corrected chi connectivity index (χ2v) is 5.82. The normalized spacial score (nSPS) is 11.9. The van der Waals surface area contributed by atoms with Crippen molar-refractivity contribution in [3.8, 4) is 6.07 Å². The molecule has 22 heavy (non-hydrogen) atoms. The predicted octanol–water partition coefficient (Wildman–Crippen LogP) is 3.57. The minimum atomic E-state index is 0.534. The summed E-state index contributed by atoms with van der Waals surface area (Å²) in [7, 11) is 0. The number of nitriles is 1. The van der Waals surface area contributed by atoms with Crippen molar-refractivity contribution in [2.24, 2.45) is 11.0 Å². The van der Waals surface area contributed by atoms with E-state index in [1.165, 1.54) is 25.7 Å². The maximum Gasteiger partial charge on any atom is 0.186 e. The van der Waals surface area contributed by atoms with E-state index in [2.05, 4.69) is 35.8 Å². The standard InChI is InChI=1S/C17H24N4S/c1-3-4-5-6-14(2)12-19-17(22)21-20-13-16-9-7-15(11-18)8-10-16/h7-10,13-14H,3-6,12H2,1-2H3,(H2,19,21,22)/b20-13-/t14-/m1/s1. The third-order valence-electron chi connectivity index (χ3n) is 3.33. The van der Waals surface area contributed by atoms with E-state index in [1.54, 1.807) is 18.3 Å². The number of hydrogen-bond acceptors (Lipinski definition) is 3. The van der Waals surface area contributed by atoms with Gasteiger partial charge in [-0.2, -0.15) is 10.4 Å². The molecule has 0 unspecified atom stereocenters. The van der Waals surface area contributed by atoms with Gasteiger partial charge in [-0.05, 0) is 42.3 Å². The summed E-state index contributed by atoms with van der Waals surface area (Å²) in [6.45, 7) is 5.31. The van der Waals surface area contributed by atoms with Gasteiger partial charge >= 0.3 is 0 Å². The molecule has 0 bridgehead atoms. The first-order valence-corrected chi connectivity index (χ1v) is 8.13. The van der Waals surface area contributed by atoms with Crippen LogP contribution in [-0.4, -0.2) is 17.9 Å². The number of hydrogen-bond donors (Lipinski definition) is 2. The van der Waals surface area contributed by atoms with Gasteiger partial charge in [0, 0.05) is 6.54 Å². The van der Waals surface area contributed by atoms with Crippen LogP contribution in [-0.2, 0) is 0 Å². The monoisotopic (exact) mass is 316 g/mol. The molecule has 118 valence electrons. The lowest BCUT2D eigenvalue weighted by atomic mass is 10.0. The van der Waals surface area contributed by atoms with Crippen LogP contribution in [0, 0.1) is 17.2 Å². The van der Waals surface area contributed by atoms with E-state index >= 15 is 0 Å². The molecule has 0 aromatic heterocycles. The maximum atomic E-state index is 8.73. The Bertz CT molecular complexity index is 516. The van der Waals surface area contributed by atoms with Gasteiger partial charge in [0.25, 0.3) is 0 Å². The Morgan fingerprint density at radius 2 is 2.09 bits per heavy atom. The Morgan fingerprint density at radius 3 is 2.73 bits per heavy atom. The van der Waals surface area contributed by atoms with E-state index in [4.69, 9.17) is 17.5 Å². The maximum absolute atomic E-state index is 8.73. The number of rotatable bonds is 8. The first kappa shape index (κ1) is 18.1. The van der Waals surface area contributed by atoms with Crippen LogP contribution in [0.15, 0.2) is 29.4 Å². The highest BCUT2D eigenvalue weighted by Gasteiger charge is 2.02. The summed E-state index contributed by atoms with van der Waals surface area (Å²) < 4.78 is 0. The van der Waals surface area contributed by atoms with Crippen molar-refractivity contribution >= 4 is 23.5 Å². The molecule has 5 heteroatoms. The fourth-order valence-corrected chi connectivity index (χ4v) is 2.10. The highest BCUT2D eigenvalue weighted by atomic mass is 32.1. The topological polar surface area (TPSA) is 60.2 Å². The van der Waals surface area contributed by atoms with E-state index in [9.17, 15) is 0 Å². The first-order valence-electron chi connectivity index (χ1n) is 7.72. The zero-order chi connectivity index (χ0) is 16.2. The Labute approximate surface area is 138 Å². The van der Waals surface area contributed by atoms with Crippen molar-refractivity contribution in [1.29, 1.82) is 5.26 Å². The van der Waals surface area contributed by atoms with Crippen LogP contribution in [0.1, 0.15) is 50.7 Å². The molecule has 1 rings (SSSR count). The summed E-state index contributed by atoms with van der Waals surface area (Å²) in [5.41, 5.74) is 4.36. The van der Waals surface area contributed by atoms with E-state index in [0.717, 1.165) is 12.1 Å². The van der Waals surface area contributed by atoms with E-state index in [0.29, 0.717) is 16.6 Å². The third kappa shape index (κ3) is 7.75. The highest BCUT2D eigenvalue weighted by Crippen LogP contribution is 2.07. The average Bonchev–Trinajstić information content (AvgIpc) is 2.54. The van der Waals surface area contributed by atoms with Gasteiger partial charge in [0.1, 0.15) is 0 Å². The van der Waals surface area contributed by atoms with Gasteiger partial charge in [-0.1, -0.05) is 45.2 Å². The Morgan fingerprint density at radius 1 is 1.36 bits per heavy atom. The predicted molar refractivity (Wildman–Crippen MR) is 95.8 cm³/mol. The molecule has 0 aliphatic carbocycles. The van der Waals surface area contributed by atoms with Crippen LogP contribution in [0.2, 0.25) is 0 Å². The van der Waals surface area contributed by atoms with Crippen molar-refractivity contribution in [2.75, 3.05) is 6.54 Å². The van der Waals surface area contributed by atoms with Crippen LogP contribution in [0.3, 0.4) is 0 Å². The molecule has 0 amide bonds. The zero-order valence-corrected chi connectivity index (χ0v) is 14.1. The summed E-state index contributed by atoms with van der Waals surface area (Å²) in [5.74, 6) is 0.605. The smallest absolute Gasteiger partial charge is 0.186 e. The van der Waals surface area contributed by atoms with Gasteiger partial charge in [-0.3, -0.25) is 5.43 Å². The molecule has 0 spiro atoms. The molecule has 0 heterocycles. The van der Waals surface area contributed by atoms with Crippen molar-refractivity contribution in [3.63, 3.8) is 0 Å². The van der Waals surface area contributed by atoms with Gasteiger partial charge in [-0.25, -0.2) is 0 Å². The second-order valence-electron chi connectivity index (χ2n) is 5.41. The second kappa shape index (κ2) is 10.7. The molecule has 1 atom stereocenters. The Balaban J connectivity index is 2.24. The van der Waals surface area contributed by atoms with Gasteiger partial charge in [0.2, 0.25) is 0 Å². The van der Waals surface area contributed by atoms with E-state index in [1.807, 2.05) is 12.1 Å².